The molecule has 1 aliphatic carbocycles. The Morgan fingerprint density at radius 3 is 2.50 bits per heavy atom. The predicted octanol–water partition coefficient (Wildman–Crippen LogP) is 2.29. The van der Waals surface area contributed by atoms with E-state index in [-0.39, 0.29) is 6.04 Å². The molecule has 1 aliphatic heterocycles. The molecule has 142 valence electrons. The lowest BCUT2D eigenvalue weighted by Gasteiger charge is -2.43. The zero-order chi connectivity index (χ0) is 18.5. The summed E-state index contributed by atoms with van der Waals surface area (Å²) >= 11 is 0. The van der Waals surface area contributed by atoms with Gasteiger partial charge in [0.25, 0.3) is 0 Å². The van der Waals surface area contributed by atoms with E-state index in [1.165, 1.54) is 20.6 Å². The van der Waals surface area contributed by atoms with Crippen LogP contribution in [0.4, 0.5) is 0 Å². The third-order valence-corrected chi connectivity index (χ3v) is 5.09. The van der Waals surface area contributed by atoms with Gasteiger partial charge >= 0.3 is 11.9 Å². The molecule has 0 bridgehead atoms. The van der Waals surface area contributed by atoms with E-state index in [4.69, 9.17) is 13.9 Å². The Labute approximate surface area is 153 Å². The lowest BCUT2D eigenvalue weighted by Crippen LogP contribution is -2.51. The highest BCUT2D eigenvalue weighted by molar-refractivity contribution is 6.00. The van der Waals surface area contributed by atoms with Crippen LogP contribution >= 0.6 is 0 Å². The Balaban J connectivity index is 1.94. The van der Waals surface area contributed by atoms with Crippen molar-refractivity contribution in [2.45, 2.75) is 44.7 Å². The maximum Gasteiger partial charge on any atom is 0.354 e. The van der Waals surface area contributed by atoms with Crippen molar-refractivity contribution in [3.05, 3.63) is 35.4 Å². The minimum Gasteiger partial charge on any atom is -0.468 e. The van der Waals surface area contributed by atoms with E-state index in [0.29, 0.717) is 31.0 Å². The first-order valence-corrected chi connectivity index (χ1v) is 9.05. The summed E-state index contributed by atoms with van der Waals surface area (Å²) in [6, 6.07) is 3.97. The second-order valence-electron chi connectivity index (χ2n) is 6.78. The number of esters is 2. The Morgan fingerprint density at radius 2 is 1.88 bits per heavy atom. The van der Waals surface area contributed by atoms with Crippen LogP contribution < -0.4 is 0 Å². The molecule has 7 heteroatoms. The Morgan fingerprint density at radius 1 is 1.15 bits per heavy atom. The lowest BCUT2D eigenvalue weighted by molar-refractivity contribution is -0.143. The number of hydrogen-bond donors (Lipinski definition) is 0. The molecule has 7 nitrogen and oxygen atoms in total. The molecule has 0 N–H and O–H groups in total. The van der Waals surface area contributed by atoms with Crippen molar-refractivity contribution >= 4 is 11.9 Å². The Bertz CT molecular complexity index is 661. The number of methoxy groups -OCH3 is 2. The van der Waals surface area contributed by atoms with E-state index in [1.807, 2.05) is 17.0 Å². The van der Waals surface area contributed by atoms with Gasteiger partial charge in [-0.2, -0.15) is 0 Å². The van der Waals surface area contributed by atoms with Crippen molar-refractivity contribution in [3.8, 4) is 0 Å². The van der Waals surface area contributed by atoms with E-state index in [2.05, 4.69) is 4.90 Å². The number of nitrogens with zero attached hydrogens (tertiary/aromatic N) is 2. The van der Waals surface area contributed by atoms with E-state index in [1.54, 1.807) is 6.26 Å². The molecular formula is C19H26N2O5. The van der Waals surface area contributed by atoms with Gasteiger partial charge in [0.15, 0.2) is 0 Å². The van der Waals surface area contributed by atoms with Crippen LogP contribution in [-0.4, -0.2) is 55.2 Å². The van der Waals surface area contributed by atoms with E-state index >= 15 is 0 Å². The van der Waals surface area contributed by atoms with Gasteiger partial charge in [-0.1, -0.05) is 19.3 Å². The number of ether oxygens (including phenoxy) is 2. The molecule has 0 radical (unpaired) electrons. The summed E-state index contributed by atoms with van der Waals surface area (Å²) in [5.41, 5.74) is 0.699. The second-order valence-corrected chi connectivity index (χ2v) is 6.78. The first-order chi connectivity index (χ1) is 12.6. The highest BCUT2D eigenvalue weighted by atomic mass is 16.5. The van der Waals surface area contributed by atoms with Gasteiger partial charge in [-0.25, -0.2) is 9.59 Å². The molecule has 3 rings (SSSR count). The summed E-state index contributed by atoms with van der Waals surface area (Å²) in [5.74, 6) is -0.150. The van der Waals surface area contributed by atoms with Gasteiger partial charge in [-0.05, 0) is 25.0 Å². The van der Waals surface area contributed by atoms with Crippen LogP contribution in [0.25, 0.3) is 0 Å². The zero-order valence-corrected chi connectivity index (χ0v) is 15.4. The maximum atomic E-state index is 12.5. The normalized spacial score (nSPS) is 19.5. The standard InChI is InChI=1S/C19H26N2O5/c1-24-18(22)16-12-20(11-15-9-6-10-26-15)13-21(17(16)19(23)25-2)14-7-4-3-5-8-14/h6,9-10,14H,3-5,7-8,11-13H2,1-2H3. The summed E-state index contributed by atoms with van der Waals surface area (Å²) in [6.45, 7) is 1.43. The summed E-state index contributed by atoms with van der Waals surface area (Å²) in [4.78, 5) is 29.0. The zero-order valence-electron chi connectivity index (χ0n) is 15.4. The molecule has 0 saturated heterocycles. The largest absolute Gasteiger partial charge is 0.468 e. The van der Waals surface area contributed by atoms with Gasteiger partial charge in [-0.3, -0.25) is 4.90 Å². The van der Waals surface area contributed by atoms with Crippen molar-refractivity contribution in [2.24, 2.45) is 0 Å². The Kier molecular flexibility index (Phi) is 5.98. The molecule has 1 aromatic rings. The van der Waals surface area contributed by atoms with Crippen molar-refractivity contribution in [1.82, 2.24) is 9.80 Å². The molecule has 1 fully saturated rings. The fourth-order valence-electron chi connectivity index (χ4n) is 3.85. The van der Waals surface area contributed by atoms with Crippen LogP contribution in [0, 0.1) is 0 Å². The predicted molar refractivity (Wildman–Crippen MR) is 93.8 cm³/mol. The highest BCUT2D eigenvalue weighted by Crippen LogP contribution is 2.31. The van der Waals surface area contributed by atoms with Gasteiger partial charge < -0.3 is 18.8 Å². The maximum absolute atomic E-state index is 12.5. The van der Waals surface area contributed by atoms with Gasteiger partial charge in [0.05, 0.1) is 39.3 Å². The van der Waals surface area contributed by atoms with Gasteiger partial charge in [0, 0.05) is 12.6 Å². The third-order valence-electron chi connectivity index (χ3n) is 5.09. The van der Waals surface area contributed by atoms with E-state index < -0.39 is 11.9 Å². The summed E-state index contributed by atoms with van der Waals surface area (Å²) in [5, 5.41) is 0. The molecule has 2 heterocycles. The molecule has 1 aromatic heterocycles. The van der Waals surface area contributed by atoms with Gasteiger partial charge in [0.1, 0.15) is 11.5 Å². The van der Waals surface area contributed by atoms with Crippen LogP contribution in [0.5, 0.6) is 0 Å². The van der Waals surface area contributed by atoms with Crippen molar-refractivity contribution < 1.29 is 23.5 Å². The van der Waals surface area contributed by atoms with Crippen LogP contribution in [0.1, 0.15) is 37.9 Å². The first kappa shape index (κ1) is 18.5. The summed E-state index contributed by atoms with van der Waals surface area (Å²) in [6.07, 6.45) is 7.10. The summed E-state index contributed by atoms with van der Waals surface area (Å²) in [7, 11) is 2.68. The summed E-state index contributed by atoms with van der Waals surface area (Å²) < 4.78 is 15.4. The molecule has 1 saturated carbocycles. The number of carbonyl (C=O) groups is 2. The minimum absolute atomic E-state index is 0.219. The van der Waals surface area contributed by atoms with Crippen molar-refractivity contribution in [1.29, 1.82) is 0 Å². The molecule has 0 unspecified atom stereocenters. The number of furan rings is 1. The highest BCUT2D eigenvalue weighted by Gasteiger charge is 2.37. The molecule has 0 aromatic carbocycles. The van der Waals surface area contributed by atoms with Crippen LogP contribution in [-0.2, 0) is 25.6 Å². The monoisotopic (exact) mass is 362 g/mol. The van der Waals surface area contributed by atoms with Gasteiger partial charge in [-0.15, -0.1) is 0 Å². The van der Waals surface area contributed by atoms with E-state index in [9.17, 15) is 9.59 Å². The minimum atomic E-state index is -0.490. The number of carbonyl (C=O) groups excluding carboxylic acids is 2. The quantitative estimate of drug-likeness (QED) is 0.744. The number of rotatable bonds is 5. The lowest BCUT2D eigenvalue weighted by atomic mass is 9.93. The fraction of sp³-hybridized carbons (Fsp3) is 0.579. The molecule has 0 amide bonds. The van der Waals surface area contributed by atoms with Crippen LogP contribution in [0.15, 0.2) is 34.1 Å². The molecule has 26 heavy (non-hydrogen) atoms. The molecule has 2 aliphatic rings. The average Bonchev–Trinajstić information content (AvgIpc) is 3.19. The Hall–Kier alpha value is -2.28. The smallest absolute Gasteiger partial charge is 0.354 e. The molecular weight excluding hydrogens is 336 g/mol. The van der Waals surface area contributed by atoms with Crippen LogP contribution in [0.2, 0.25) is 0 Å². The molecule has 0 spiro atoms. The van der Waals surface area contributed by atoms with Crippen molar-refractivity contribution in [2.75, 3.05) is 27.4 Å². The van der Waals surface area contributed by atoms with E-state index in [0.717, 1.165) is 31.4 Å². The fourth-order valence-corrected chi connectivity index (χ4v) is 3.85. The van der Waals surface area contributed by atoms with Crippen LogP contribution in [0.3, 0.4) is 0 Å². The third kappa shape index (κ3) is 3.93. The number of hydrogen-bond acceptors (Lipinski definition) is 7. The van der Waals surface area contributed by atoms with Crippen molar-refractivity contribution in [3.63, 3.8) is 0 Å². The average molecular weight is 362 g/mol. The SMILES string of the molecule is COC(=O)C1=C(C(=O)OC)N(C2CCCCC2)CN(Cc2ccco2)C1. The second kappa shape index (κ2) is 8.40. The topological polar surface area (TPSA) is 72.2 Å². The first-order valence-electron chi connectivity index (χ1n) is 9.05. The molecule has 0 atom stereocenters. The van der Waals surface area contributed by atoms with Gasteiger partial charge in [0.2, 0.25) is 0 Å².